The lowest BCUT2D eigenvalue weighted by Gasteiger charge is -2.16. The Hall–Kier alpha value is -1.29. The number of para-hydroxylation sites is 1. The number of hydrogen-bond donors (Lipinski definition) is 1. The van der Waals surface area contributed by atoms with Gasteiger partial charge in [-0.2, -0.15) is 5.10 Å². The molecule has 0 unspecified atom stereocenters. The van der Waals surface area contributed by atoms with E-state index in [1.54, 1.807) is 0 Å². The molecule has 1 aliphatic rings. The van der Waals surface area contributed by atoms with Gasteiger partial charge in [-0.15, -0.1) is 0 Å². The van der Waals surface area contributed by atoms with Crippen LogP contribution in [0.3, 0.4) is 0 Å². The van der Waals surface area contributed by atoms with E-state index in [2.05, 4.69) is 26.1 Å². The zero-order valence-corrected chi connectivity index (χ0v) is 8.84. The first kappa shape index (κ1) is 8.05. The van der Waals surface area contributed by atoms with Gasteiger partial charge in [-0.1, -0.05) is 12.1 Å². The van der Waals surface area contributed by atoms with Crippen molar-refractivity contribution in [1.29, 1.82) is 0 Å². The van der Waals surface area contributed by atoms with Crippen LogP contribution in [0.4, 0.5) is 0 Å². The topological polar surface area (TPSA) is 37.9 Å². The minimum atomic E-state index is 0.573. The summed E-state index contributed by atoms with van der Waals surface area (Å²) in [5.41, 5.74) is 3.12. The van der Waals surface area contributed by atoms with E-state index in [4.69, 9.17) is 4.74 Å². The predicted octanol–water partition coefficient (Wildman–Crippen LogP) is 2.73. The molecule has 0 fully saturated rings. The normalized spacial score (nSPS) is 12.9. The molecule has 0 atom stereocenters. The predicted molar refractivity (Wildman–Crippen MR) is 56.1 cm³/mol. The summed E-state index contributed by atoms with van der Waals surface area (Å²) in [7, 11) is 0. The molecule has 3 nitrogen and oxygen atoms in total. The second-order valence-electron chi connectivity index (χ2n) is 3.15. The van der Waals surface area contributed by atoms with Gasteiger partial charge in [0, 0.05) is 11.1 Å². The number of benzene rings is 1. The van der Waals surface area contributed by atoms with Crippen molar-refractivity contribution in [3.8, 4) is 17.0 Å². The number of ether oxygens (including phenoxy) is 1. The molecule has 2 aromatic rings. The Bertz CT molecular complexity index is 493. The molecule has 70 valence electrons. The number of fused-ring (bicyclic) bond motifs is 3. The zero-order valence-electron chi connectivity index (χ0n) is 7.25. The van der Waals surface area contributed by atoms with Gasteiger partial charge < -0.3 is 4.74 Å². The molecule has 1 aromatic carbocycles. The molecule has 0 saturated heterocycles. The maximum absolute atomic E-state index is 5.60. The molecule has 4 heteroatoms. The third-order valence-electron chi connectivity index (χ3n) is 2.33. The molecule has 0 amide bonds. The quantitative estimate of drug-likeness (QED) is 0.781. The Morgan fingerprint density at radius 1 is 1.36 bits per heavy atom. The molecule has 0 saturated carbocycles. The minimum Gasteiger partial charge on any atom is -0.488 e. The van der Waals surface area contributed by atoms with Crippen molar-refractivity contribution in [3.05, 3.63) is 34.4 Å². The van der Waals surface area contributed by atoms with E-state index in [9.17, 15) is 0 Å². The molecule has 1 aliphatic heterocycles. The lowest BCUT2D eigenvalue weighted by Crippen LogP contribution is -2.03. The Balaban J connectivity index is 2.29. The van der Waals surface area contributed by atoms with Gasteiger partial charge >= 0.3 is 0 Å². The second-order valence-corrected chi connectivity index (χ2v) is 3.94. The highest BCUT2D eigenvalue weighted by atomic mass is 79.9. The van der Waals surface area contributed by atoms with Crippen LogP contribution in [0.25, 0.3) is 11.3 Å². The van der Waals surface area contributed by atoms with Crippen LogP contribution < -0.4 is 4.74 Å². The standard InChI is InChI=1S/C10H7BrN2O/c11-10-7-5-14-8-4-2-1-3-6(8)9(7)12-13-10/h1-4H,5H2,(H,12,13). The lowest BCUT2D eigenvalue weighted by atomic mass is 10.1. The van der Waals surface area contributed by atoms with Crippen LogP contribution in [0.5, 0.6) is 5.75 Å². The fourth-order valence-corrected chi connectivity index (χ4v) is 2.03. The molecule has 1 aromatic heterocycles. The number of aromatic amines is 1. The van der Waals surface area contributed by atoms with Gasteiger partial charge in [0.1, 0.15) is 22.7 Å². The summed E-state index contributed by atoms with van der Waals surface area (Å²) in [6.07, 6.45) is 0. The molecule has 0 spiro atoms. The molecule has 1 N–H and O–H groups in total. The first-order chi connectivity index (χ1) is 6.86. The van der Waals surface area contributed by atoms with Crippen molar-refractivity contribution >= 4 is 15.9 Å². The average molecular weight is 251 g/mol. The Kier molecular flexibility index (Phi) is 1.64. The van der Waals surface area contributed by atoms with Gasteiger partial charge in [0.25, 0.3) is 0 Å². The molecular weight excluding hydrogens is 244 g/mol. The Morgan fingerprint density at radius 2 is 2.21 bits per heavy atom. The van der Waals surface area contributed by atoms with Crippen LogP contribution in [0.2, 0.25) is 0 Å². The largest absolute Gasteiger partial charge is 0.488 e. The van der Waals surface area contributed by atoms with Gasteiger partial charge in [0.15, 0.2) is 0 Å². The van der Waals surface area contributed by atoms with Gasteiger partial charge in [-0.05, 0) is 28.1 Å². The van der Waals surface area contributed by atoms with E-state index in [0.29, 0.717) is 6.61 Å². The summed E-state index contributed by atoms with van der Waals surface area (Å²) >= 11 is 3.41. The maximum atomic E-state index is 5.60. The summed E-state index contributed by atoms with van der Waals surface area (Å²) in [4.78, 5) is 0. The number of nitrogens with zero attached hydrogens (tertiary/aromatic N) is 1. The first-order valence-corrected chi connectivity index (χ1v) is 5.10. The summed E-state index contributed by atoms with van der Waals surface area (Å²) in [5.74, 6) is 0.902. The third kappa shape index (κ3) is 1.00. The third-order valence-corrected chi connectivity index (χ3v) is 2.99. The van der Waals surface area contributed by atoms with Crippen molar-refractivity contribution in [1.82, 2.24) is 10.2 Å². The average Bonchev–Trinajstić information content (AvgIpc) is 2.61. The fourth-order valence-electron chi connectivity index (χ4n) is 1.64. The van der Waals surface area contributed by atoms with Crippen LogP contribution in [0.1, 0.15) is 5.56 Å². The molecule has 0 bridgehead atoms. The van der Waals surface area contributed by atoms with Crippen LogP contribution in [-0.4, -0.2) is 10.2 Å². The molecule has 2 heterocycles. The van der Waals surface area contributed by atoms with Gasteiger partial charge in [-0.25, -0.2) is 0 Å². The van der Waals surface area contributed by atoms with Gasteiger partial charge in [0.05, 0.1) is 0 Å². The number of nitrogens with one attached hydrogen (secondary N) is 1. The van der Waals surface area contributed by atoms with Crippen LogP contribution >= 0.6 is 15.9 Å². The van der Waals surface area contributed by atoms with Crippen LogP contribution in [-0.2, 0) is 6.61 Å². The van der Waals surface area contributed by atoms with E-state index < -0.39 is 0 Å². The SMILES string of the molecule is Brc1[nH]nc2c1COc1ccccc1-2. The van der Waals surface area contributed by atoms with E-state index >= 15 is 0 Å². The first-order valence-electron chi connectivity index (χ1n) is 4.31. The summed E-state index contributed by atoms with van der Waals surface area (Å²) < 4.78 is 6.50. The van der Waals surface area contributed by atoms with Crippen LogP contribution in [0.15, 0.2) is 28.9 Å². The Morgan fingerprint density at radius 3 is 3.14 bits per heavy atom. The molecule has 3 rings (SSSR count). The van der Waals surface area contributed by atoms with E-state index in [1.807, 2.05) is 24.3 Å². The number of H-pyrrole nitrogens is 1. The van der Waals surface area contributed by atoms with E-state index in [1.165, 1.54) is 0 Å². The summed E-state index contributed by atoms with van der Waals surface area (Å²) in [5, 5.41) is 7.15. The van der Waals surface area contributed by atoms with Gasteiger partial charge in [-0.3, -0.25) is 5.10 Å². The highest BCUT2D eigenvalue weighted by Gasteiger charge is 2.21. The monoisotopic (exact) mass is 250 g/mol. The highest BCUT2D eigenvalue weighted by molar-refractivity contribution is 9.10. The smallest absolute Gasteiger partial charge is 0.129 e. The van der Waals surface area contributed by atoms with Gasteiger partial charge in [0.2, 0.25) is 0 Å². The van der Waals surface area contributed by atoms with Crippen molar-refractivity contribution < 1.29 is 4.74 Å². The fraction of sp³-hybridized carbons (Fsp3) is 0.100. The van der Waals surface area contributed by atoms with E-state index in [0.717, 1.165) is 27.2 Å². The molecule has 0 aliphatic carbocycles. The summed E-state index contributed by atoms with van der Waals surface area (Å²) in [6.45, 7) is 0.573. The number of rotatable bonds is 0. The van der Waals surface area contributed by atoms with Crippen LogP contribution in [0, 0.1) is 0 Å². The number of aromatic nitrogens is 2. The van der Waals surface area contributed by atoms with E-state index in [-0.39, 0.29) is 0 Å². The summed E-state index contributed by atoms with van der Waals surface area (Å²) in [6, 6.07) is 7.92. The zero-order chi connectivity index (χ0) is 9.54. The molecular formula is C10H7BrN2O. The lowest BCUT2D eigenvalue weighted by molar-refractivity contribution is 0.301. The molecule has 14 heavy (non-hydrogen) atoms. The number of halogens is 1. The van der Waals surface area contributed by atoms with Crippen molar-refractivity contribution in [2.45, 2.75) is 6.61 Å². The maximum Gasteiger partial charge on any atom is 0.129 e. The Labute approximate surface area is 89.2 Å². The second kappa shape index (κ2) is 2.85. The minimum absolute atomic E-state index is 0.573. The molecule has 0 radical (unpaired) electrons. The van der Waals surface area contributed by atoms with Crippen molar-refractivity contribution in [3.63, 3.8) is 0 Å². The van der Waals surface area contributed by atoms with Crippen molar-refractivity contribution in [2.75, 3.05) is 0 Å². The number of hydrogen-bond acceptors (Lipinski definition) is 2. The highest BCUT2D eigenvalue weighted by Crippen LogP contribution is 2.38. The van der Waals surface area contributed by atoms with Crippen molar-refractivity contribution in [2.24, 2.45) is 0 Å².